The molecule has 0 atom stereocenters. The Kier molecular flexibility index (Phi) is 5.97. The maximum Gasteiger partial charge on any atom is 0.354 e. The van der Waals surface area contributed by atoms with Crippen LogP contribution in [0, 0.1) is 6.92 Å². The van der Waals surface area contributed by atoms with Gasteiger partial charge < -0.3 is 31.3 Å². The molecule has 0 amide bonds. The van der Waals surface area contributed by atoms with Crippen molar-refractivity contribution < 1.29 is 19.4 Å². The van der Waals surface area contributed by atoms with Crippen LogP contribution in [0.2, 0.25) is 0 Å². The summed E-state index contributed by atoms with van der Waals surface area (Å²) >= 11 is 0. The fourth-order valence-electron chi connectivity index (χ4n) is 3.18. The molecule has 0 unspecified atom stereocenters. The van der Waals surface area contributed by atoms with Crippen LogP contribution < -0.4 is 22.3 Å². The number of aryl methyl sites for hydroxylation is 1. The number of carbonyl (C=O) groups is 2. The number of para-hydroxylation sites is 1. The van der Waals surface area contributed by atoms with Crippen molar-refractivity contribution in [3.05, 3.63) is 79.9 Å². The Bertz CT molecular complexity index is 1490. The first-order valence-corrected chi connectivity index (χ1v) is 9.29. The molecule has 0 radical (unpaired) electrons. The minimum absolute atomic E-state index is 0.0953. The molecule has 4 aromatic rings. The molecule has 2 aromatic carbocycles. The van der Waals surface area contributed by atoms with Crippen molar-refractivity contribution in [3.63, 3.8) is 0 Å². The number of pyridine rings is 2. The van der Waals surface area contributed by atoms with Crippen LogP contribution in [0.4, 0.5) is 11.4 Å². The zero-order valence-electron chi connectivity index (χ0n) is 17.2. The average molecular weight is 436 g/mol. The fraction of sp³-hybridized carbons (Fsp3) is 0.0909. The van der Waals surface area contributed by atoms with E-state index in [2.05, 4.69) is 14.7 Å². The van der Waals surface area contributed by atoms with Gasteiger partial charge in [-0.05, 0) is 30.7 Å². The summed E-state index contributed by atoms with van der Waals surface area (Å²) in [5.41, 5.74) is 13.1. The standard InChI is InChI=1S/2C11H10N2O3/c1-5-2-3-6(12)10-9(5)8(14)4-7(13-10)11(15)16;1-16-11(15)8-5-9(14)6-3-2-4-7(12)10(6)13-8/h2-4H,12H2,1H3,(H,13,14)(H,15,16);2-5H,12H2,1H3,(H,13,14). The molecule has 7 N–H and O–H groups in total. The van der Waals surface area contributed by atoms with Crippen LogP contribution in [-0.2, 0) is 4.74 Å². The molecule has 10 heteroatoms. The van der Waals surface area contributed by atoms with Crippen LogP contribution in [0.5, 0.6) is 0 Å². The normalized spacial score (nSPS) is 10.4. The first-order valence-electron chi connectivity index (χ1n) is 9.29. The quantitative estimate of drug-likeness (QED) is 0.233. The number of esters is 1. The summed E-state index contributed by atoms with van der Waals surface area (Å²) in [4.78, 5) is 50.9. The third kappa shape index (κ3) is 4.15. The summed E-state index contributed by atoms with van der Waals surface area (Å²) in [6.45, 7) is 1.78. The first-order chi connectivity index (χ1) is 15.1. The number of rotatable bonds is 2. The highest BCUT2D eigenvalue weighted by Crippen LogP contribution is 2.19. The summed E-state index contributed by atoms with van der Waals surface area (Å²) in [6, 6.07) is 10.6. The Morgan fingerprint density at radius 3 is 2.19 bits per heavy atom. The van der Waals surface area contributed by atoms with Gasteiger partial charge in [0.05, 0.1) is 34.9 Å². The molecule has 0 saturated heterocycles. The summed E-state index contributed by atoms with van der Waals surface area (Å²) in [5.74, 6) is -1.78. The molecule has 0 aliphatic heterocycles. The fourth-order valence-corrected chi connectivity index (χ4v) is 3.18. The van der Waals surface area contributed by atoms with Gasteiger partial charge in [0.15, 0.2) is 10.9 Å². The van der Waals surface area contributed by atoms with E-state index in [0.29, 0.717) is 33.2 Å². The van der Waals surface area contributed by atoms with E-state index >= 15 is 0 Å². The number of nitrogens with one attached hydrogen (secondary N) is 2. The van der Waals surface area contributed by atoms with Crippen LogP contribution in [0.25, 0.3) is 21.8 Å². The molecular weight excluding hydrogens is 416 g/mol. The number of hydrogen-bond acceptors (Lipinski definition) is 7. The maximum atomic E-state index is 11.7. The van der Waals surface area contributed by atoms with Crippen LogP contribution in [0.1, 0.15) is 26.5 Å². The Morgan fingerprint density at radius 2 is 1.53 bits per heavy atom. The molecule has 0 spiro atoms. The first kappa shape index (κ1) is 22.1. The van der Waals surface area contributed by atoms with Gasteiger partial charge in [-0.25, -0.2) is 9.59 Å². The minimum Gasteiger partial charge on any atom is -0.477 e. The largest absolute Gasteiger partial charge is 0.477 e. The number of aromatic carboxylic acids is 1. The van der Waals surface area contributed by atoms with E-state index in [4.69, 9.17) is 16.6 Å². The van der Waals surface area contributed by atoms with Gasteiger partial charge in [-0.3, -0.25) is 9.59 Å². The van der Waals surface area contributed by atoms with Crippen LogP contribution >= 0.6 is 0 Å². The van der Waals surface area contributed by atoms with Crippen LogP contribution in [0.15, 0.2) is 52.1 Å². The molecule has 32 heavy (non-hydrogen) atoms. The molecule has 164 valence electrons. The predicted octanol–water partition coefficient (Wildman–Crippen LogP) is 2.01. The summed E-state index contributed by atoms with van der Waals surface area (Å²) in [6.07, 6.45) is 0. The van der Waals surface area contributed by atoms with E-state index in [-0.39, 0.29) is 22.2 Å². The Balaban J connectivity index is 0.000000181. The number of anilines is 2. The molecular formula is C22H20N4O6. The Morgan fingerprint density at radius 1 is 0.906 bits per heavy atom. The third-order valence-electron chi connectivity index (χ3n) is 4.76. The number of nitrogens with two attached hydrogens (primary N) is 2. The van der Waals surface area contributed by atoms with Crippen LogP contribution in [-0.4, -0.2) is 34.1 Å². The number of aromatic nitrogens is 2. The number of fused-ring (bicyclic) bond motifs is 2. The highest BCUT2D eigenvalue weighted by molar-refractivity contribution is 5.96. The number of H-pyrrole nitrogens is 2. The SMILES string of the molecule is COC(=O)c1cc(=O)c2cccc(N)c2[nH]1.Cc1ccc(N)c2[nH]c(C(=O)O)cc(=O)c12. The lowest BCUT2D eigenvalue weighted by atomic mass is 10.1. The second kappa shape index (κ2) is 8.64. The van der Waals surface area contributed by atoms with E-state index < -0.39 is 11.9 Å². The van der Waals surface area contributed by atoms with Gasteiger partial charge in [0.2, 0.25) is 0 Å². The second-order valence-corrected chi connectivity index (χ2v) is 6.88. The highest BCUT2D eigenvalue weighted by Gasteiger charge is 2.12. The van der Waals surface area contributed by atoms with Gasteiger partial charge in [-0.15, -0.1) is 0 Å². The molecule has 0 fully saturated rings. The van der Waals surface area contributed by atoms with Crippen molar-refractivity contribution in [2.45, 2.75) is 6.92 Å². The van der Waals surface area contributed by atoms with E-state index in [0.717, 1.165) is 11.6 Å². The van der Waals surface area contributed by atoms with Gasteiger partial charge >= 0.3 is 11.9 Å². The number of carboxylic acids is 1. The minimum atomic E-state index is -1.18. The highest BCUT2D eigenvalue weighted by atomic mass is 16.5. The number of methoxy groups -OCH3 is 1. The topological polar surface area (TPSA) is 181 Å². The summed E-state index contributed by atoms with van der Waals surface area (Å²) < 4.78 is 4.53. The van der Waals surface area contributed by atoms with Crippen molar-refractivity contribution in [3.8, 4) is 0 Å². The van der Waals surface area contributed by atoms with E-state index in [1.807, 2.05) is 0 Å². The molecule has 2 heterocycles. The molecule has 0 aliphatic carbocycles. The lowest BCUT2D eigenvalue weighted by Gasteiger charge is -2.05. The molecule has 0 aliphatic rings. The zero-order valence-corrected chi connectivity index (χ0v) is 17.2. The number of aromatic amines is 2. The average Bonchev–Trinajstić information content (AvgIpc) is 2.76. The Hall–Kier alpha value is -4.60. The van der Waals surface area contributed by atoms with Gasteiger partial charge in [0.25, 0.3) is 0 Å². The maximum absolute atomic E-state index is 11.7. The predicted molar refractivity (Wildman–Crippen MR) is 121 cm³/mol. The van der Waals surface area contributed by atoms with Crippen molar-refractivity contribution in [2.75, 3.05) is 18.6 Å². The number of nitrogen functional groups attached to an aromatic ring is 2. The van der Waals surface area contributed by atoms with E-state index in [1.54, 1.807) is 37.3 Å². The molecule has 0 saturated carbocycles. The number of benzene rings is 2. The molecule has 10 nitrogen and oxygen atoms in total. The third-order valence-corrected chi connectivity index (χ3v) is 4.76. The van der Waals surface area contributed by atoms with Crippen molar-refractivity contribution in [2.24, 2.45) is 0 Å². The number of hydrogen-bond donors (Lipinski definition) is 5. The lowest BCUT2D eigenvalue weighted by Crippen LogP contribution is -2.12. The van der Waals surface area contributed by atoms with Crippen molar-refractivity contribution in [1.82, 2.24) is 9.97 Å². The zero-order chi connectivity index (χ0) is 23.6. The van der Waals surface area contributed by atoms with Gasteiger partial charge in [-0.2, -0.15) is 0 Å². The lowest BCUT2D eigenvalue weighted by molar-refractivity contribution is 0.0593. The number of carbonyl (C=O) groups excluding carboxylic acids is 1. The molecule has 4 rings (SSSR count). The van der Waals surface area contributed by atoms with E-state index in [9.17, 15) is 19.2 Å². The van der Waals surface area contributed by atoms with E-state index in [1.165, 1.54) is 13.2 Å². The van der Waals surface area contributed by atoms with Gasteiger partial charge in [-0.1, -0.05) is 12.1 Å². The second-order valence-electron chi connectivity index (χ2n) is 6.88. The molecule has 2 aromatic heterocycles. The van der Waals surface area contributed by atoms with Gasteiger partial charge in [0.1, 0.15) is 11.4 Å². The molecule has 0 bridgehead atoms. The van der Waals surface area contributed by atoms with Crippen molar-refractivity contribution in [1.29, 1.82) is 0 Å². The van der Waals surface area contributed by atoms with Crippen LogP contribution in [0.3, 0.4) is 0 Å². The Labute approximate surface area is 180 Å². The summed E-state index contributed by atoms with van der Waals surface area (Å²) in [7, 11) is 1.25. The number of ether oxygens (including phenoxy) is 1. The number of carboxylic acid groups (broad SMARTS) is 1. The van der Waals surface area contributed by atoms with Crippen molar-refractivity contribution >= 4 is 45.1 Å². The monoisotopic (exact) mass is 436 g/mol. The smallest absolute Gasteiger partial charge is 0.354 e. The summed E-state index contributed by atoms with van der Waals surface area (Å²) in [5, 5.41) is 9.70. The van der Waals surface area contributed by atoms with Gasteiger partial charge in [0, 0.05) is 17.5 Å².